The second-order valence-corrected chi connectivity index (χ2v) is 8.23. The van der Waals surface area contributed by atoms with Gasteiger partial charge in [0.2, 0.25) is 0 Å². The van der Waals surface area contributed by atoms with Crippen LogP contribution in [0.2, 0.25) is 0 Å². The largest absolute Gasteiger partial charge is 0.391 e. The molecule has 0 unspecified atom stereocenters. The minimum Gasteiger partial charge on any atom is -0.391 e. The summed E-state index contributed by atoms with van der Waals surface area (Å²) in [6.07, 6.45) is 4.74. The van der Waals surface area contributed by atoms with Crippen molar-refractivity contribution >= 4 is 0 Å². The first-order chi connectivity index (χ1) is 13.7. The second-order valence-electron chi connectivity index (χ2n) is 8.23. The first-order valence-electron chi connectivity index (χ1n) is 10.5. The minimum atomic E-state index is -0.265. The van der Waals surface area contributed by atoms with E-state index < -0.39 is 0 Å². The molecule has 28 heavy (non-hydrogen) atoms. The third-order valence-electron chi connectivity index (χ3n) is 6.40. The van der Waals surface area contributed by atoms with Gasteiger partial charge in [-0.2, -0.15) is 0 Å². The van der Waals surface area contributed by atoms with Crippen LogP contribution >= 0.6 is 0 Å². The molecule has 0 bridgehead atoms. The highest BCUT2D eigenvalue weighted by Crippen LogP contribution is 2.33. The van der Waals surface area contributed by atoms with E-state index in [-0.39, 0.29) is 24.1 Å². The average Bonchev–Trinajstić information content (AvgIpc) is 2.75. The standard InChI is InChI=1S/C24H30FNO2/c25-21-8-6-18(7-9-21)17-28-22-10-11-24(27)23(16-22)26-14-12-20(13-15-26)19-4-2-1-3-5-19/h1-9,20,22-24,27H,10-17H2/t22-,23-,24-/m1/s1. The summed E-state index contributed by atoms with van der Waals surface area (Å²) >= 11 is 0. The molecule has 2 fully saturated rings. The third kappa shape index (κ3) is 4.80. The van der Waals surface area contributed by atoms with E-state index in [0.29, 0.717) is 12.5 Å². The van der Waals surface area contributed by atoms with Gasteiger partial charge in [0.15, 0.2) is 0 Å². The van der Waals surface area contributed by atoms with Gasteiger partial charge >= 0.3 is 0 Å². The first-order valence-corrected chi connectivity index (χ1v) is 10.5. The van der Waals surface area contributed by atoms with Gasteiger partial charge in [-0.25, -0.2) is 4.39 Å². The summed E-state index contributed by atoms with van der Waals surface area (Å²) in [6, 6.07) is 17.5. The molecule has 1 aliphatic heterocycles. The molecular formula is C24H30FNO2. The normalized spacial score (nSPS) is 27.0. The summed E-state index contributed by atoms with van der Waals surface area (Å²) in [5.41, 5.74) is 2.43. The lowest BCUT2D eigenvalue weighted by Crippen LogP contribution is -2.51. The molecule has 1 aliphatic carbocycles. The fourth-order valence-corrected chi connectivity index (χ4v) is 4.72. The molecule has 150 valence electrons. The monoisotopic (exact) mass is 383 g/mol. The molecule has 2 aromatic carbocycles. The number of ether oxygens (including phenoxy) is 1. The smallest absolute Gasteiger partial charge is 0.123 e. The van der Waals surface area contributed by atoms with Crippen LogP contribution < -0.4 is 0 Å². The Morgan fingerprint density at radius 3 is 2.36 bits per heavy atom. The Morgan fingerprint density at radius 1 is 0.929 bits per heavy atom. The molecule has 0 radical (unpaired) electrons. The summed E-state index contributed by atoms with van der Waals surface area (Å²) in [5, 5.41) is 10.6. The molecule has 1 N–H and O–H groups in total. The number of likely N-dealkylation sites (tertiary alicyclic amines) is 1. The van der Waals surface area contributed by atoms with Gasteiger partial charge in [-0.05, 0) is 74.4 Å². The molecule has 3 nitrogen and oxygen atoms in total. The first kappa shape index (κ1) is 19.6. The van der Waals surface area contributed by atoms with Crippen molar-refractivity contribution in [2.75, 3.05) is 13.1 Å². The van der Waals surface area contributed by atoms with E-state index in [2.05, 4.69) is 35.2 Å². The molecule has 1 heterocycles. The van der Waals surface area contributed by atoms with Gasteiger partial charge in [0.05, 0.1) is 18.8 Å². The van der Waals surface area contributed by atoms with Crippen LogP contribution in [0.5, 0.6) is 0 Å². The zero-order valence-electron chi connectivity index (χ0n) is 16.3. The number of aliphatic hydroxyl groups excluding tert-OH is 1. The average molecular weight is 384 g/mol. The zero-order valence-corrected chi connectivity index (χ0v) is 16.3. The quantitative estimate of drug-likeness (QED) is 0.825. The Hall–Kier alpha value is -1.75. The zero-order chi connectivity index (χ0) is 19.3. The van der Waals surface area contributed by atoms with Crippen LogP contribution in [0.25, 0.3) is 0 Å². The Morgan fingerprint density at radius 2 is 1.64 bits per heavy atom. The summed E-state index contributed by atoms with van der Waals surface area (Å²) < 4.78 is 19.2. The molecule has 4 rings (SSSR count). The highest BCUT2D eigenvalue weighted by molar-refractivity contribution is 5.20. The van der Waals surface area contributed by atoms with Crippen LogP contribution in [-0.4, -0.2) is 41.3 Å². The van der Waals surface area contributed by atoms with Crippen LogP contribution in [0.3, 0.4) is 0 Å². The molecule has 2 aromatic rings. The van der Waals surface area contributed by atoms with E-state index in [0.717, 1.165) is 50.8 Å². The van der Waals surface area contributed by atoms with E-state index in [1.54, 1.807) is 12.1 Å². The molecule has 0 spiro atoms. The Balaban J connectivity index is 1.29. The van der Waals surface area contributed by atoms with Crippen LogP contribution in [0.4, 0.5) is 4.39 Å². The lowest BCUT2D eigenvalue weighted by molar-refractivity contribution is -0.0629. The molecule has 1 saturated heterocycles. The van der Waals surface area contributed by atoms with Crippen molar-refractivity contribution in [3.05, 3.63) is 71.5 Å². The predicted molar refractivity (Wildman–Crippen MR) is 109 cm³/mol. The van der Waals surface area contributed by atoms with Crippen molar-refractivity contribution in [3.63, 3.8) is 0 Å². The summed E-state index contributed by atoms with van der Waals surface area (Å²) in [7, 11) is 0. The van der Waals surface area contributed by atoms with E-state index in [4.69, 9.17) is 4.74 Å². The van der Waals surface area contributed by atoms with Crippen LogP contribution in [-0.2, 0) is 11.3 Å². The van der Waals surface area contributed by atoms with Gasteiger partial charge in [0.25, 0.3) is 0 Å². The van der Waals surface area contributed by atoms with Gasteiger partial charge in [-0.3, -0.25) is 4.90 Å². The van der Waals surface area contributed by atoms with Gasteiger partial charge in [0.1, 0.15) is 5.82 Å². The van der Waals surface area contributed by atoms with Crippen molar-refractivity contribution in [3.8, 4) is 0 Å². The molecule has 0 aromatic heterocycles. The Kier molecular flexibility index (Phi) is 6.40. The summed E-state index contributed by atoms with van der Waals surface area (Å²) in [4.78, 5) is 2.47. The molecule has 0 amide bonds. The molecule has 4 heteroatoms. The Bertz CT molecular complexity index is 728. The van der Waals surface area contributed by atoms with E-state index in [9.17, 15) is 9.50 Å². The number of benzene rings is 2. The number of hydrogen-bond donors (Lipinski definition) is 1. The van der Waals surface area contributed by atoms with Gasteiger partial charge < -0.3 is 9.84 Å². The van der Waals surface area contributed by atoms with Crippen molar-refractivity contribution in [1.29, 1.82) is 0 Å². The maximum absolute atomic E-state index is 13.0. The van der Waals surface area contributed by atoms with Crippen molar-refractivity contribution in [2.45, 2.75) is 62.9 Å². The molecule has 2 aliphatic rings. The summed E-state index contributed by atoms with van der Waals surface area (Å²) in [5.74, 6) is 0.409. The lowest BCUT2D eigenvalue weighted by Gasteiger charge is -2.43. The van der Waals surface area contributed by atoms with Crippen LogP contribution in [0.15, 0.2) is 54.6 Å². The number of nitrogens with zero attached hydrogens (tertiary/aromatic N) is 1. The number of aliphatic hydroxyl groups is 1. The number of hydrogen-bond acceptors (Lipinski definition) is 3. The maximum atomic E-state index is 13.0. The minimum absolute atomic E-state index is 0.158. The van der Waals surface area contributed by atoms with Crippen LogP contribution in [0, 0.1) is 5.82 Å². The third-order valence-corrected chi connectivity index (χ3v) is 6.40. The fraction of sp³-hybridized carbons (Fsp3) is 0.500. The highest BCUT2D eigenvalue weighted by atomic mass is 19.1. The van der Waals surface area contributed by atoms with E-state index >= 15 is 0 Å². The number of halogens is 1. The highest BCUT2D eigenvalue weighted by Gasteiger charge is 2.35. The predicted octanol–water partition coefficient (Wildman–Crippen LogP) is 4.50. The maximum Gasteiger partial charge on any atom is 0.123 e. The Labute approximate surface area is 167 Å². The number of rotatable bonds is 5. The second kappa shape index (κ2) is 9.17. The van der Waals surface area contributed by atoms with Gasteiger partial charge in [-0.1, -0.05) is 42.5 Å². The van der Waals surface area contributed by atoms with E-state index in [1.165, 1.54) is 17.7 Å². The number of piperidine rings is 1. The molecule has 1 saturated carbocycles. The topological polar surface area (TPSA) is 32.7 Å². The van der Waals surface area contributed by atoms with Gasteiger partial charge in [-0.15, -0.1) is 0 Å². The molecular weight excluding hydrogens is 353 g/mol. The van der Waals surface area contributed by atoms with Crippen LogP contribution in [0.1, 0.15) is 49.1 Å². The van der Waals surface area contributed by atoms with Crippen molar-refractivity contribution < 1.29 is 14.2 Å². The van der Waals surface area contributed by atoms with Gasteiger partial charge in [0, 0.05) is 6.04 Å². The lowest BCUT2D eigenvalue weighted by atomic mass is 9.85. The van der Waals surface area contributed by atoms with Crippen molar-refractivity contribution in [1.82, 2.24) is 4.90 Å². The van der Waals surface area contributed by atoms with Crippen molar-refractivity contribution in [2.24, 2.45) is 0 Å². The molecule has 3 atom stereocenters. The summed E-state index contributed by atoms with van der Waals surface area (Å²) in [6.45, 7) is 2.57. The van der Waals surface area contributed by atoms with E-state index in [1.807, 2.05) is 0 Å². The SMILES string of the molecule is O[C@@H]1CC[C@@H](OCc2ccc(F)cc2)C[C@H]1N1CCC(c2ccccc2)CC1. The fourth-order valence-electron chi connectivity index (χ4n) is 4.72.